The highest BCUT2D eigenvalue weighted by atomic mass is 16.6. The third kappa shape index (κ3) is 9.86. The quantitative estimate of drug-likeness (QED) is 0.244. The number of carbonyl (C=O) groups is 1. The molecule has 5 heteroatoms. The summed E-state index contributed by atoms with van der Waals surface area (Å²) >= 11 is 0. The lowest BCUT2D eigenvalue weighted by Gasteiger charge is -2.15. The monoisotopic (exact) mass is 258 g/mol. The molecule has 5 nitrogen and oxygen atoms in total. The Bertz CT molecular complexity index is 252. The SMILES string of the molecule is C=COCC(C)OCCOC(C)COC(=O)C=C. The van der Waals surface area contributed by atoms with Crippen molar-refractivity contribution in [1.29, 1.82) is 0 Å². The molecular formula is C13H22O5. The van der Waals surface area contributed by atoms with Crippen LogP contribution in [0.5, 0.6) is 0 Å². The van der Waals surface area contributed by atoms with Gasteiger partial charge in [0, 0.05) is 6.08 Å². The Morgan fingerprint density at radius 1 is 1.11 bits per heavy atom. The second-order valence-electron chi connectivity index (χ2n) is 3.70. The molecule has 2 unspecified atom stereocenters. The smallest absolute Gasteiger partial charge is 0.330 e. The molecule has 0 spiro atoms. The molecule has 0 rings (SSSR count). The maximum atomic E-state index is 10.8. The Kier molecular flexibility index (Phi) is 10.0. The zero-order valence-electron chi connectivity index (χ0n) is 11.1. The molecule has 0 aromatic rings. The van der Waals surface area contributed by atoms with Crippen LogP contribution in [0.4, 0.5) is 0 Å². The highest BCUT2D eigenvalue weighted by Crippen LogP contribution is 1.96. The van der Waals surface area contributed by atoms with Crippen LogP contribution in [0.1, 0.15) is 13.8 Å². The first-order valence-electron chi connectivity index (χ1n) is 5.85. The van der Waals surface area contributed by atoms with Crippen LogP contribution in [-0.2, 0) is 23.7 Å². The Morgan fingerprint density at radius 2 is 1.67 bits per heavy atom. The van der Waals surface area contributed by atoms with E-state index in [2.05, 4.69) is 13.2 Å². The van der Waals surface area contributed by atoms with Crippen LogP contribution < -0.4 is 0 Å². The van der Waals surface area contributed by atoms with Crippen molar-refractivity contribution in [2.24, 2.45) is 0 Å². The van der Waals surface area contributed by atoms with E-state index in [0.29, 0.717) is 19.8 Å². The van der Waals surface area contributed by atoms with Gasteiger partial charge in [0.25, 0.3) is 0 Å². The second-order valence-corrected chi connectivity index (χ2v) is 3.70. The molecular weight excluding hydrogens is 236 g/mol. The summed E-state index contributed by atoms with van der Waals surface area (Å²) in [6.45, 7) is 12.0. The average Bonchev–Trinajstić information content (AvgIpc) is 2.38. The van der Waals surface area contributed by atoms with Crippen LogP contribution in [0.3, 0.4) is 0 Å². The van der Waals surface area contributed by atoms with Crippen molar-refractivity contribution in [3.05, 3.63) is 25.5 Å². The van der Waals surface area contributed by atoms with E-state index >= 15 is 0 Å². The second kappa shape index (κ2) is 10.8. The maximum absolute atomic E-state index is 10.8. The summed E-state index contributed by atoms with van der Waals surface area (Å²) in [4.78, 5) is 10.8. The fourth-order valence-electron chi connectivity index (χ4n) is 1.06. The lowest BCUT2D eigenvalue weighted by molar-refractivity contribution is -0.142. The fraction of sp³-hybridized carbons (Fsp3) is 0.615. The predicted molar refractivity (Wildman–Crippen MR) is 68.1 cm³/mol. The first kappa shape index (κ1) is 16.7. The minimum Gasteiger partial charge on any atom is -0.499 e. The van der Waals surface area contributed by atoms with Crippen molar-refractivity contribution in [3.63, 3.8) is 0 Å². The van der Waals surface area contributed by atoms with Gasteiger partial charge in [-0.2, -0.15) is 0 Å². The van der Waals surface area contributed by atoms with Gasteiger partial charge in [-0.25, -0.2) is 4.79 Å². The Morgan fingerprint density at radius 3 is 2.17 bits per heavy atom. The largest absolute Gasteiger partial charge is 0.499 e. The van der Waals surface area contributed by atoms with Gasteiger partial charge < -0.3 is 18.9 Å². The summed E-state index contributed by atoms with van der Waals surface area (Å²) in [5.41, 5.74) is 0. The summed E-state index contributed by atoms with van der Waals surface area (Å²) in [7, 11) is 0. The standard InChI is InChI=1S/C13H22O5/c1-5-13(14)18-10-12(4)17-8-7-16-11(3)9-15-6-2/h5-6,11-12H,1-2,7-10H2,3-4H3. The van der Waals surface area contributed by atoms with Crippen LogP contribution in [-0.4, -0.2) is 44.6 Å². The molecule has 0 aromatic carbocycles. The van der Waals surface area contributed by atoms with E-state index in [9.17, 15) is 4.79 Å². The first-order valence-corrected chi connectivity index (χ1v) is 5.85. The zero-order chi connectivity index (χ0) is 13.8. The summed E-state index contributed by atoms with van der Waals surface area (Å²) < 4.78 is 20.6. The topological polar surface area (TPSA) is 54.0 Å². The molecule has 0 aromatic heterocycles. The van der Waals surface area contributed by atoms with E-state index in [1.165, 1.54) is 6.26 Å². The highest BCUT2D eigenvalue weighted by Gasteiger charge is 2.06. The molecule has 0 N–H and O–H groups in total. The molecule has 0 aliphatic heterocycles. The first-order chi connectivity index (χ1) is 8.60. The van der Waals surface area contributed by atoms with Gasteiger partial charge in [-0.15, -0.1) is 0 Å². The summed E-state index contributed by atoms with van der Waals surface area (Å²) in [5.74, 6) is -0.447. The molecule has 0 saturated heterocycles. The van der Waals surface area contributed by atoms with Crippen LogP contribution >= 0.6 is 0 Å². The lowest BCUT2D eigenvalue weighted by atomic mass is 10.4. The zero-order valence-corrected chi connectivity index (χ0v) is 11.1. The van der Waals surface area contributed by atoms with Gasteiger partial charge in [0.1, 0.15) is 13.2 Å². The minimum atomic E-state index is -0.447. The van der Waals surface area contributed by atoms with Gasteiger partial charge in [0.15, 0.2) is 0 Å². The molecule has 0 aliphatic rings. The Labute approximate surface area is 108 Å². The van der Waals surface area contributed by atoms with E-state index in [-0.39, 0.29) is 18.8 Å². The number of esters is 1. The summed E-state index contributed by atoms with van der Waals surface area (Å²) in [6, 6.07) is 0. The molecule has 104 valence electrons. The molecule has 0 heterocycles. The van der Waals surface area contributed by atoms with Gasteiger partial charge in [-0.05, 0) is 13.8 Å². The van der Waals surface area contributed by atoms with E-state index in [0.717, 1.165) is 6.08 Å². The third-order valence-electron chi connectivity index (χ3n) is 1.96. The van der Waals surface area contributed by atoms with E-state index < -0.39 is 5.97 Å². The van der Waals surface area contributed by atoms with Crippen molar-refractivity contribution in [1.82, 2.24) is 0 Å². The van der Waals surface area contributed by atoms with Crippen LogP contribution in [0.15, 0.2) is 25.5 Å². The molecule has 2 atom stereocenters. The van der Waals surface area contributed by atoms with Gasteiger partial charge in [0.2, 0.25) is 0 Å². The summed E-state index contributed by atoms with van der Waals surface area (Å²) in [5, 5.41) is 0. The number of hydrogen-bond acceptors (Lipinski definition) is 5. The van der Waals surface area contributed by atoms with Crippen molar-refractivity contribution in [3.8, 4) is 0 Å². The average molecular weight is 258 g/mol. The van der Waals surface area contributed by atoms with Crippen molar-refractivity contribution < 1.29 is 23.7 Å². The minimum absolute atomic E-state index is 0.0134. The van der Waals surface area contributed by atoms with Crippen molar-refractivity contribution >= 4 is 5.97 Å². The van der Waals surface area contributed by atoms with Gasteiger partial charge in [-0.3, -0.25) is 0 Å². The summed E-state index contributed by atoms with van der Waals surface area (Å²) in [6.07, 6.45) is 2.32. The van der Waals surface area contributed by atoms with Gasteiger partial charge in [-0.1, -0.05) is 13.2 Å². The third-order valence-corrected chi connectivity index (χ3v) is 1.96. The molecule has 0 amide bonds. The Balaban J connectivity index is 3.44. The van der Waals surface area contributed by atoms with E-state index in [1.807, 2.05) is 13.8 Å². The molecule has 0 saturated carbocycles. The molecule has 0 radical (unpaired) electrons. The Hall–Kier alpha value is -1.33. The lowest BCUT2D eigenvalue weighted by Crippen LogP contribution is -2.22. The van der Waals surface area contributed by atoms with E-state index in [4.69, 9.17) is 18.9 Å². The maximum Gasteiger partial charge on any atom is 0.330 e. The number of ether oxygens (including phenoxy) is 4. The number of hydrogen-bond donors (Lipinski definition) is 0. The van der Waals surface area contributed by atoms with Crippen molar-refractivity contribution in [2.45, 2.75) is 26.1 Å². The number of rotatable bonds is 11. The fourth-order valence-corrected chi connectivity index (χ4v) is 1.06. The van der Waals surface area contributed by atoms with Crippen LogP contribution in [0.25, 0.3) is 0 Å². The highest BCUT2D eigenvalue weighted by molar-refractivity contribution is 5.81. The number of carbonyl (C=O) groups excluding carboxylic acids is 1. The normalized spacial score (nSPS) is 13.4. The molecule has 0 aliphatic carbocycles. The molecule has 0 fully saturated rings. The molecule has 0 bridgehead atoms. The van der Waals surface area contributed by atoms with Crippen LogP contribution in [0, 0.1) is 0 Å². The van der Waals surface area contributed by atoms with E-state index in [1.54, 1.807) is 0 Å². The van der Waals surface area contributed by atoms with Gasteiger partial charge >= 0.3 is 5.97 Å². The predicted octanol–water partition coefficient (Wildman–Crippen LogP) is 1.69. The molecule has 18 heavy (non-hydrogen) atoms. The van der Waals surface area contributed by atoms with Crippen molar-refractivity contribution in [2.75, 3.05) is 26.4 Å². The van der Waals surface area contributed by atoms with Crippen LogP contribution in [0.2, 0.25) is 0 Å². The van der Waals surface area contributed by atoms with Gasteiger partial charge in [0.05, 0.1) is 31.7 Å².